The number of ether oxygens (including phenoxy) is 2. The first-order chi connectivity index (χ1) is 21.2. The number of hydrogen-bond acceptors (Lipinski definition) is 6. The van der Waals surface area contributed by atoms with E-state index in [2.05, 4.69) is 26.9 Å². The van der Waals surface area contributed by atoms with Crippen molar-refractivity contribution in [3.05, 3.63) is 94.5 Å². The molecule has 0 spiro atoms. The first-order valence-electron chi connectivity index (χ1n) is 14.2. The molecule has 13 heteroatoms. The van der Waals surface area contributed by atoms with Crippen LogP contribution in [0.4, 0.5) is 26.3 Å². The molecule has 6 nitrogen and oxygen atoms in total. The smallest absolute Gasteiger partial charge is 0.416 e. The molecular formula is C32H31F6N3O3S. The molecule has 240 valence electrons. The molecule has 2 aliphatic rings. The van der Waals surface area contributed by atoms with Crippen LogP contribution in [-0.2, 0) is 36.7 Å². The molecule has 45 heavy (non-hydrogen) atoms. The van der Waals surface area contributed by atoms with Gasteiger partial charge in [-0.3, -0.25) is 9.69 Å². The van der Waals surface area contributed by atoms with Crippen LogP contribution in [0.15, 0.2) is 71.7 Å². The maximum atomic E-state index is 13.6. The molecule has 0 radical (unpaired) electrons. The average Bonchev–Trinajstić information content (AvgIpc) is 3.29. The van der Waals surface area contributed by atoms with Crippen molar-refractivity contribution in [3.63, 3.8) is 0 Å². The number of thioether (sulfide) groups is 1. The normalized spacial score (nSPS) is 19.5. The van der Waals surface area contributed by atoms with Crippen LogP contribution in [0.1, 0.15) is 34.7 Å². The lowest BCUT2D eigenvalue weighted by molar-refractivity contribution is -0.143. The zero-order chi connectivity index (χ0) is 32.4. The molecule has 5 rings (SSSR count). The molecule has 1 saturated heterocycles. The van der Waals surface area contributed by atoms with Gasteiger partial charge in [0.15, 0.2) is 16.7 Å². The number of piperazine rings is 1. The van der Waals surface area contributed by atoms with E-state index in [1.165, 1.54) is 30.5 Å². The highest BCUT2D eigenvalue weighted by Crippen LogP contribution is 2.41. The number of rotatable bonds is 8. The minimum Gasteiger partial charge on any atom is -0.493 e. The van der Waals surface area contributed by atoms with Crippen LogP contribution in [0.2, 0.25) is 0 Å². The molecule has 2 heterocycles. The van der Waals surface area contributed by atoms with Gasteiger partial charge in [-0.1, -0.05) is 54.2 Å². The second kappa shape index (κ2) is 13.0. The number of amides is 1. The van der Waals surface area contributed by atoms with E-state index < -0.39 is 40.4 Å². The number of aliphatic imine (C=N–C) groups is 1. The predicted molar refractivity (Wildman–Crippen MR) is 159 cm³/mol. The summed E-state index contributed by atoms with van der Waals surface area (Å²) in [6, 6.07) is 16.5. The molecule has 1 unspecified atom stereocenters. The SMILES string of the molecule is COc1cc(CC2(C)SC(N3CCN(Cc4ccccc4)CC3)=NC2=O)ccc1OCc1ccc(C(F)(F)F)cc1C(F)(F)F. The quantitative estimate of drug-likeness (QED) is 0.243. The van der Waals surface area contributed by atoms with E-state index in [1.807, 2.05) is 25.1 Å². The fourth-order valence-electron chi connectivity index (χ4n) is 5.29. The lowest BCUT2D eigenvalue weighted by atomic mass is 9.99. The number of amidine groups is 1. The largest absolute Gasteiger partial charge is 0.493 e. The lowest BCUT2D eigenvalue weighted by Gasteiger charge is -2.36. The third kappa shape index (κ3) is 7.75. The summed E-state index contributed by atoms with van der Waals surface area (Å²) in [5, 5.41) is 0.686. The minimum atomic E-state index is -5.01. The highest BCUT2D eigenvalue weighted by atomic mass is 32.2. The molecular weight excluding hydrogens is 620 g/mol. The minimum absolute atomic E-state index is 0.0803. The summed E-state index contributed by atoms with van der Waals surface area (Å²) in [6.45, 7) is 5.23. The monoisotopic (exact) mass is 651 g/mol. The van der Waals surface area contributed by atoms with Gasteiger partial charge >= 0.3 is 12.4 Å². The second-order valence-electron chi connectivity index (χ2n) is 11.1. The van der Waals surface area contributed by atoms with E-state index in [4.69, 9.17) is 9.47 Å². The number of benzene rings is 3. The van der Waals surface area contributed by atoms with E-state index in [9.17, 15) is 31.1 Å². The molecule has 2 aliphatic heterocycles. The van der Waals surface area contributed by atoms with E-state index in [1.54, 1.807) is 12.1 Å². The number of methoxy groups -OCH3 is 1. The van der Waals surface area contributed by atoms with E-state index in [-0.39, 0.29) is 23.5 Å². The second-order valence-corrected chi connectivity index (χ2v) is 12.6. The van der Waals surface area contributed by atoms with E-state index >= 15 is 0 Å². The third-order valence-electron chi connectivity index (χ3n) is 7.75. The van der Waals surface area contributed by atoms with Gasteiger partial charge in [-0.05, 0) is 48.7 Å². The highest BCUT2D eigenvalue weighted by molar-refractivity contribution is 8.16. The standard InChI is InChI=1S/C32H31F6N3O3S/c1-30(28(42)39-29(45-30)41-14-12-40(13-15-41)19-21-6-4-3-5-7-21)18-22-8-11-26(27(16-22)43-2)44-20-23-9-10-24(31(33,34)35)17-25(23)32(36,37)38/h3-11,16-17H,12-15,18-20H2,1-2H3. The summed E-state index contributed by atoms with van der Waals surface area (Å²) >= 11 is 1.41. The molecule has 3 aromatic rings. The maximum absolute atomic E-state index is 13.6. The van der Waals surface area contributed by atoms with Gasteiger partial charge in [0.1, 0.15) is 11.4 Å². The summed E-state index contributed by atoms with van der Waals surface area (Å²) in [6.07, 6.45) is -9.62. The molecule has 0 aromatic heterocycles. The Morgan fingerprint density at radius 1 is 0.867 bits per heavy atom. The number of hydrogen-bond donors (Lipinski definition) is 0. The highest BCUT2D eigenvalue weighted by Gasteiger charge is 2.43. The lowest BCUT2D eigenvalue weighted by Crippen LogP contribution is -2.47. The summed E-state index contributed by atoms with van der Waals surface area (Å²) in [7, 11) is 1.36. The van der Waals surface area contributed by atoms with E-state index in [0.29, 0.717) is 17.7 Å². The predicted octanol–water partition coefficient (Wildman–Crippen LogP) is 7.06. The zero-order valence-corrected chi connectivity index (χ0v) is 25.4. The molecule has 0 bridgehead atoms. The molecule has 3 aromatic carbocycles. The Kier molecular flexibility index (Phi) is 9.41. The van der Waals surface area contributed by atoms with E-state index in [0.717, 1.165) is 44.4 Å². The Balaban J connectivity index is 1.21. The van der Waals surface area contributed by atoms with Gasteiger partial charge in [-0.2, -0.15) is 31.3 Å². The zero-order valence-electron chi connectivity index (χ0n) is 24.5. The van der Waals surface area contributed by atoms with Crippen LogP contribution in [-0.4, -0.2) is 58.9 Å². The first-order valence-corrected chi connectivity index (χ1v) is 15.0. The molecule has 0 aliphatic carbocycles. The van der Waals surface area contributed by atoms with Crippen molar-refractivity contribution in [2.45, 2.75) is 43.6 Å². The van der Waals surface area contributed by atoms with Gasteiger partial charge in [0.2, 0.25) is 0 Å². The number of alkyl halides is 6. The van der Waals surface area contributed by atoms with Crippen LogP contribution >= 0.6 is 11.8 Å². The summed E-state index contributed by atoms with van der Waals surface area (Å²) in [5.41, 5.74) is -1.31. The van der Waals surface area contributed by atoms with Crippen molar-refractivity contribution < 1.29 is 40.6 Å². The Hall–Kier alpha value is -3.71. The van der Waals surface area contributed by atoms with Crippen LogP contribution in [0.25, 0.3) is 0 Å². The summed E-state index contributed by atoms with van der Waals surface area (Å²) in [4.78, 5) is 21.9. The molecule has 1 atom stereocenters. The molecule has 1 fully saturated rings. The first kappa shape index (κ1) is 32.7. The average molecular weight is 652 g/mol. The van der Waals surface area contributed by atoms with Crippen LogP contribution < -0.4 is 9.47 Å². The van der Waals surface area contributed by atoms with Gasteiger partial charge in [0.25, 0.3) is 5.91 Å². The molecule has 0 saturated carbocycles. The fraction of sp³-hybridized carbons (Fsp3) is 0.375. The van der Waals surface area contributed by atoms with Crippen molar-refractivity contribution in [1.82, 2.24) is 9.80 Å². The van der Waals surface area contributed by atoms with Crippen molar-refractivity contribution in [3.8, 4) is 11.5 Å². The Bertz CT molecular complexity index is 1560. The topological polar surface area (TPSA) is 54.4 Å². The van der Waals surface area contributed by atoms with Crippen LogP contribution in [0.3, 0.4) is 0 Å². The van der Waals surface area contributed by atoms with Crippen molar-refractivity contribution in [1.29, 1.82) is 0 Å². The molecule has 0 N–H and O–H groups in total. The van der Waals surface area contributed by atoms with Crippen molar-refractivity contribution >= 4 is 22.8 Å². The number of carbonyl (C=O) groups is 1. The Labute approximate surface area is 261 Å². The van der Waals surface area contributed by atoms with Crippen molar-refractivity contribution in [2.75, 3.05) is 33.3 Å². The van der Waals surface area contributed by atoms with Crippen LogP contribution in [0.5, 0.6) is 11.5 Å². The number of nitrogens with zero attached hydrogens (tertiary/aromatic N) is 3. The summed E-state index contributed by atoms with van der Waals surface area (Å²) < 4.78 is 89.8. The van der Waals surface area contributed by atoms with Crippen LogP contribution in [0, 0.1) is 0 Å². The fourth-order valence-corrected chi connectivity index (χ4v) is 6.50. The Morgan fingerprint density at radius 2 is 1.58 bits per heavy atom. The van der Waals surface area contributed by atoms with Gasteiger partial charge < -0.3 is 14.4 Å². The maximum Gasteiger partial charge on any atom is 0.416 e. The van der Waals surface area contributed by atoms with Crippen molar-refractivity contribution in [2.24, 2.45) is 4.99 Å². The summed E-state index contributed by atoms with van der Waals surface area (Å²) in [5.74, 6) is 0.0633. The van der Waals surface area contributed by atoms with Gasteiger partial charge in [-0.15, -0.1) is 0 Å². The Morgan fingerprint density at radius 3 is 2.22 bits per heavy atom. The number of halogens is 6. The third-order valence-corrected chi connectivity index (χ3v) is 9.05. The van der Waals surface area contributed by atoms with Gasteiger partial charge in [0.05, 0.1) is 18.2 Å². The number of carbonyl (C=O) groups excluding carboxylic acids is 1. The van der Waals surface area contributed by atoms with Gasteiger partial charge in [-0.25, -0.2) is 0 Å². The van der Waals surface area contributed by atoms with Gasteiger partial charge in [0, 0.05) is 38.3 Å². The molecule has 1 amide bonds.